The lowest BCUT2D eigenvalue weighted by molar-refractivity contribution is 0.513. The predicted molar refractivity (Wildman–Crippen MR) is 85.1 cm³/mol. The van der Waals surface area contributed by atoms with Crippen LogP contribution < -0.4 is 5.32 Å². The van der Waals surface area contributed by atoms with Crippen LogP contribution in [0.4, 0.5) is 0 Å². The summed E-state index contributed by atoms with van der Waals surface area (Å²) in [7, 11) is 0. The molecule has 3 rings (SSSR count). The molecule has 1 atom stereocenters. The number of fused-ring (bicyclic) bond motifs is 1. The first-order valence-electron chi connectivity index (χ1n) is 6.89. The van der Waals surface area contributed by atoms with Crippen molar-refractivity contribution in [2.24, 2.45) is 0 Å². The fraction of sp³-hybridized carbons (Fsp3) is 0.375. The van der Waals surface area contributed by atoms with Gasteiger partial charge in [-0.3, -0.25) is 0 Å². The van der Waals surface area contributed by atoms with Crippen molar-refractivity contribution in [3.8, 4) is 0 Å². The molecular formula is C16H19NS2. The van der Waals surface area contributed by atoms with Crippen LogP contribution in [0, 0.1) is 0 Å². The molecule has 0 radical (unpaired) electrons. The minimum absolute atomic E-state index is 0.518. The summed E-state index contributed by atoms with van der Waals surface area (Å²) in [5.74, 6) is 1.22. The van der Waals surface area contributed by atoms with Gasteiger partial charge in [0.25, 0.3) is 0 Å². The highest BCUT2D eigenvalue weighted by atomic mass is 32.2. The fourth-order valence-corrected chi connectivity index (χ4v) is 4.52. The van der Waals surface area contributed by atoms with Gasteiger partial charge in [-0.25, -0.2) is 0 Å². The molecule has 1 nitrogen and oxygen atoms in total. The number of thioether (sulfide) groups is 1. The zero-order valence-corrected chi connectivity index (χ0v) is 12.8. The van der Waals surface area contributed by atoms with Crippen molar-refractivity contribution in [1.29, 1.82) is 0 Å². The van der Waals surface area contributed by atoms with Crippen molar-refractivity contribution < 1.29 is 0 Å². The maximum absolute atomic E-state index is 3.73. The van der Waals surface area contributed by atoms with Gasteiger partial charge in [0.2, 0.25) is 0 Å². The highest BCUT2D eigenvalue weighted by molar-refractivity contribution is 7.99. The number of thiophene rings is 1. The number of benzene rings is 1. The molecule has 0 spiro atoms. The van der Waals surface area contributed by atoms with E-state index < -0.39 is 0 Å². The number of hydrogen-bond donors (Lipinski definition) is 1. The molecule has 3 heteroatoms. The summed E-state index contributed by atoms with van der Waals surface area (Å²) in [6, 6.07) is 13.8. The van der Waals surface area contributed by atoms with Gasteiger partial charge in [-0.1, -0.05) is 25.1 Å². The first kappa shape index (κ1) is 13.2. The molecule has 1 aromatic carbocycles. The van der Waals surface area contributed by atoms with E-state index in [1.165, 1.54) is 32.4 Å². The van der Waals surface area contributed by atoms with Crippen molar-refractivity contribution in [2.75, 3.05) is 5.75 Å². The smallest absolute Gasteiger partial charge is 0.0342 e. The summed E-state index contributed by atoms with van der Waals surface area (Å²) in [4.78, 5) is 4.38. The normalized spacial score (nSPS) is 18.3. The fourth-order valence-electron chi connectivity index (χ4n) is 2.49. The highest BCUT2D eigenvalue weighted by Gasteiger charge is 2.19. The Morgan fingerprint density at radius 3 is 2.84 bits per heavy atom. The Balaban J connectivity index is 1.68. The van der Waals surface area contributed by atoms with Gasteiger partial charge in [0.05, 0.1) is 0 Å². The van der Waals surface area contributed by atoms with Gasteiger partial charge in [0, 0.05) is 27.2 Å². The lowest BCUT2D eigenvalue weighted by Gasteiger charge is -2.25. The second kappa shape index (κ2) is 6.12. The third-order valence-electron chi connectivity index (χ3n) is 3.55. The molecule has 2 heterocycles. The van der Waals surface area contributed by atoms with Gasteiger partial charge in [0.15, 0.2) is 0 Å². The summed E-state index contributed by atoms with van der Waals surface area (Å²) in [5, 5.41) is 3.73. The van der Waals surface area contributed by atoms with E-state index in [0.29, 0.717) is 6.04 Å². The first-order valence-corrected chi connectivity index (χ1v) is 8.69. The summed E-state index contributed by atoms with van der Waals surface area (Å²) >= 11 is 3.92. The molecule has 0 bridgehead atoms. The SMILES string of the molecule is CCc1ccc(CNC2CCSc3ccccc32)s1. The van der Waals surface area contributed by atoms with E-state index in [2.05, 4.69) is 48.6 Å². The van der Waals surface area contributed by atoms with Gasteiger partial charge in [0.1, 0.15) is 0 Å². The van der Waals surface area contributed by atoms with Crippen molar-refractivity contribution in [3.05, 3.63) is 51.7 Å². The van der Waals surface area contributed by atoms with Gasteiger partial charge >= 0.3 is 0 Å². The molecule has 2 aromatic rings. The summed E-state index contributed by atoms with van der Waals surface area (Å²) < 4.78 is 0. The van der Waals surface area contributed by atoms with E-state index >= 15 is 0 Å². The average molecular weight is 289 g/mol. The molecule has 0 amide bonds. The van der Waals surface area contributed by atoms with Crippen LogP contribution in [0.25, 0.3) is 0 Å². The van der Waals surface area contributed by atoms with E-state index in [0.717, 1.165) is 13.0 Å². The molecule has 0 saturated heterocycles. The van der Waals surface area contributed by atoms with Crippen LogP contribution in [-0.2, 0) is 13.0 Å². The lowest BCUT2D eigenvalue weighted by Crippen LogP contribution is -2.23. The third-order valence-corrected chi connectivity index (χ3v) is 5.90. The molecule has 1 aliphatic rings. The highest BCUT2D eigenvalue weighted by Crippen LogP contribution is 2.36. The molecule has 0 saturated carbocycles. The Labute approximate surface area is 123 Å². The molecular weight excluding hydrogens is 270 g/mol. The summed E-state index contributed by atoms with van der Waals surface area (Å²) in [6.45, 7) is 3.21. The van der Waals surface area contributed by atoms with Gasteiger partial charge in [-0.2, -0.15) is 0 Å². The van der Waals surface area contributed by atoms with Crippen molar-refractivity contribution >= 4 is 23.1 Å². The Kier molecular flexibility index (Phi) is 4.26. The number of nitrogens with one attached hydrogen (secondary N) is 1. The molecule has 1 unspecified atom stereocenters. The van der Waals surface area contributed by atoms with Crippen LogP contribution in [0.15, 0.2) is 41.3 Å². The maximum Gasteiger partial charge on any atom is 0.0342 e. The topological polar surface area (TPSA) is 12.0 Å². The second-order valence-electron chi connectivity index (χ2n) is 4.83. The van der Waals surface area contributed by atoms with Gasteiger partial charge in [-0.05, 0) is 42.4 Å². The largest absolute Gasteiger partial charge is 0.305 e. The third kappa shape index (κ3) is 3.04. The number of rotatable bonds is 4. The number of hydrogen-bond acceptors (Lipinski definition) is 3. The molecule has 0 fully saturated rings. The van der Waals surface area contributed by atoms with E-state index in [4.69, 9.17) is 0 Å². The Bertz CT molecular complexity index is 547. The minimum atomic E-state index is 0.518. The maximum atomic E-state index is 3.73. The zero-order chi connectivity index (χ0) is 13.1. The van der Waals surface area contributed by atoms with Crippen molar-refractivity contribution in [2.45, 2.75) is 37.2 Å². The van der Waals surface area contributed by atoms with Crippen LogP contribution in [0.1, 0.15) is 34.7 Å². The van der Waals surface area contributed by atoms with Crippen LogP contribution in [0.3, 0.4) is 0 Å². The van der Waals surface area contributed by atoms with Crippen LogP contribution in [0.2, 0.25) is 0 Å². The average Bonchev–Trinajstić information content (AvgIpc) is 2.93. The summed E-state index contributed by atoms with van der Waals surface area (Å²) in [5.41, 5.74) is 1.48. The van der Waals surface area contributed by atoms with E-state index in [1.54, 1.807) is 0 Å². The zero-order valence-electron chi connectivity index (χ0n) is 11.2. The Hall–Kier alpha value is -0.770. The minimum Gasteiger partial charge on any atom is -0.305 e. The lowest BCUT2D eigenvalue weighted by atomic mass is 10.0. The second-order valence-corrected chi connectivity index (χ2v) is 7.22. The van der Waals surface area contributed by atoms with Gasteiger partial charge < -0.3 is 5.32 Å². The quantitative estimate of drug-likeness (QED) is 0.880. The predicted octanol–water partition coefficient (Wildman–Crippen LogP) is 4.64. The molecule has 1 aliphatic heterocycles. The molecule has 100 valence electrons. The first-order chi connectivity index (χ1) is 9.36. The molecule has 19 heavy (non-hydrogen) atoms. The molecule has 1 N–H and O–H groups in total. The Morgan fingerprint density at radius 1 is 1.16 bits per heavy atom. The van der Waals surface area contributed by atoms with Crippen LogP contribution in [0.5, 0.6) is 0 Å². The van der Waals surface area contributed by atoms with Crippen molar-refractivity contribution in [3.63, 3.8) is 0 Å². The van der Waals surface area contributed by atoms with Crippen molar-refractivity contribution in [1.82, 2.24) is 5.32 Å². The van der Waals surface area contributed by atoms with E-state index in [9.17, 15) is 0 Å². The van der Waals surface area contributed by atoms with Gasteiger partial charge in [-0.15, -0.1) is 23.1 Å². The van der Waals surface area contributed by atoms with E-state index in [1.807, 2.05) is 23.1 Å². The van der Waals surface area contributed by atoms with Crippen LogP contribution in [-0.4, -0.2) is 5.75 Å². The van der Waals surface area contributed by atoms with E-state index in [-0.39, 0.29) is 0 Å². The molecule has 1 aromatic heterocycles. The summed E-state index contributed by atoms with van der Waals surface area (Å²) in [6.07, 6.45) is 2.38. The monoisotopic (exact) mass is 289 g/mol. The standard InChI is InChI=1S/C16H19NS2/c1-2-12-7-8-13(19-12)11-17-15-9-10-18-16-6-4-3-5-14(15)16/h3-8,15,17H,2,9-11H2,1H3. The molecule has 0 aliphatic carbocycles. The van der Waals surface area contributed by atoms with Crippen LogP contribution >= 0.6 is 23.1 Å². The Morgan fingerprint density at radius 2 is 2.00 bits per heavy atom. The number of aryl methyl sites for hydroxylation is 1.